The van der Waals surface area contributed by atoms with Gasteiger partial charge in [0.2, 0.25) is 0 Å². The van der Waals surface area contributed by atoms with E-state index in [-0.39, 0.29) is 5.41 Å². The van der Waals surface area contributed by atoms with Gasteiger partial charge in [-0.15, -0.1) is 0 Å². The van der Waals surface area contributed by atoms with E-state index >= 15 is 0 Å². The monoisotopic (exact) mass is 284 g/mol. The lowest BCUT2D eigenvalue weighted by molar-refractivity contribution is 0.247. The van der Waals surface area contributed by atoms with Crippen LogP contribution in [0.15, 0.2) is 60.7 Å². The van der Waals surface area contributed by atoms with E-state index in [9.17, 15) is 0 Å². The molecular formula is C18H24OSi. The molecule has 0 heterocycles. The van der Waals surface area contributed by atoms with Crippen LogP contribution in [0.4, 0.5) is 0 Å². The first-order valence-corrected chi connectivity index (χ1v) is 8.25. The summed E-state index contributed by atoms with van der Waals surface area (Å²) in [5, 5.41) is 0. The van der Waals surface area contributed by atoms with Gasteiger partial charge in [-0.05, 0) is 17.5 Å². The Hall–Kier alpha value is -1.38. The van der Waals surface area contributed by atoms with Crippen LogP contribution in [0.3, 0.4) is 0 Å². The maximum Gasteiger partial charge on any atom is 0.146 e. The van der Waals surface area contributed by atoms with Crippen molar-refractivity contribution in [3.8, 4) is 0 Å². The van der Waals surface area contributed by atoms with Crippen LogP contribution in [-0.2, 0) is 9.84 Å². The van der Waals surface area contributed by atoms with Crippen LogP contribution in [0.1, 0.15) is 37.3 Å². The highest BCUT2D eigenvalue weighted by atomic mass is 28.2. The van der Waals surface area contributed by atoms with Gasteiger partial charge in [0.25, 0.3) is 0 Å². The fourth-order valence-corrected chi connectivity index (χ4v) is 3.43. The van der Waals surface area contributed by atoms with Crippen molar-refractivity contribution in [2.75, 3.05) is 6.61 Å². The molecule has 0 N–H and O–H groups in total. The van der Waals surface area contributed by atoms with E-state index in [4.69, 9.17) is 4.43 Å². The van der Waals surface area contributed by atoms with E-state index in [1.807, 2.05) is 0 Å². The third-order valence-corrected chi connectivity index (χ3v) is 4.29. The fourth-order valence-electron chi connectivity index (χ4n) is 2.93. The second kappa shape index (κ2) is 7.41. The highest BCUT2D eigenvalue weighted by Gasteiger charge is 2.33. The van der Waals surface area contributed by atoms with Crippen molar-refractivity contribution in [2.45, 2.75) is 31.6 Å². The largest absolute Gasteiger partial charge is 0.427 e. The highest BCUT2D eigenvalue weighted by molar-refractivity contribution is 5.98. The Morgan fingerprint density at radius 1 is 0.900 bits per heavy atom. The first-order valence-electron chi connectivity index (χ1n) is 7.43. The molecule has 0 saturated heterocycles. The first kappa shape index (κ1) is 15.0. The minimum atomic E-state index is 0.000278. The van der Waals surface area contributed by atoms with Crippen LogP contribution in [-0.4, -0.2) is 17.1 Å². The van der Waals surface area contributed by atoms with Crippen molar-refractivity contribution in [1.82, 2.24) is 0 Å². The number of hydrogen-bond donors (Lipinski definition) is 0. The van der Waals surface area contributed by atoms with Gasteiger partial charge < -0.3 is 4.43 Å². The summed E-state index contributed by atoms with van der Waals surface area (Å²) < 4.78 is 5.75. The summed E-state index contributed by atoms with van der Waals surface area (Å²) in [7, 11) is 0.781. The SMILES string of the molecule is CCCCC(CO[SiH3])(c1ccccc1)c1ccccc1. The third-order valence-electron chi connectivity index (χ3n) is 4.00. The molecule has 0 radical (unpaired) electrons. The molecule has 2 rings (SSSR count). The molecule has 0 aliphatic rings. The number of benzene rings is 2. The van der Waals surface area contributed by atoms with E-state index in [0.29, 0.717) is 0 Å². The molecule has 0 aliphatic carbocycles. The van der Waals surface area contributed by atoms with Crippen LogP contribution < -0.4 is 0 Å². The second-order valence-corrected chi connectivity index (χ2v) is 5.93. The lowest BCUT2D eigenvalue weighted by Crippen LogP contribution is -2.33. The van der Waals surface area contributed by atoms with Crippen LogP contribution in [0.25, 0.3) is 0 Å². The van der Waals surface area contributed by atoms with Gasteiger partial charge in [0.15, 0.2) is 0 Å². The highest BCUT2D eigenvalue weighted by Crippen LogP contribution is 2.37. The van der Waals surface area contributed by atoms with Crippen molar-refractivity contribution in [3.63, 3.8) is 0 Å². The van der Waals surface area contributed by atoms with Crippen LogP contribution >= 0.6 is 0 Å². The van der Waals surface area contributed by atoms with Gasteiger partial charge in [0.05, 0.1) is 0 Å². The second-order valence-electron chi connectivity index (χ2n) is 5.35. The predicted octanol–water partition coefficient (Wildman–Crippen LogP) is 3.46. The lowest BCUT2D eigenvalue weighted by atomic mass is 9.72. The topological polar surface area (TPSA) is 9.23 Å². The summed E-state index contributed by atoms with van der Waals surface area (Å²) in [6.45, 7) is 3.04. The maximum atomic E-state index is 5.75. The van der Waals surface area contributed by atoms with Gasteiger partial charge in [-0.1, -0.05) is 80.4 Å². The van der Waals surface area contributed by atoms with Gasteiger partial charge in [0, 0.05) is 12.0 Å². The molecule has 2 aromatic carbocycles. The molecule has 0 unspecified atom stereocenters. The summed E-state index contributed by atoms with van der Waals surface area (Å²) >= 11 is 0. The van der Waals surface area contributed by atoms with Crippen molar-refractivity contribution < 1.29 is 4.43 Å². The summed E-state index contributed by atoms with van der Waals surface area (Å²) in [6, 6.07) is 21.6. The van der Waals surface area contributed by atoms with E-state index in [1.165, 1.54) is 24.0 Å². The zero-order valence-electron chi connectivity index (χ0n) is 12.5. The lowest BCUT2D eigenvalue weighted by Gasteiger charge is -2.35. The molecular weight excluding hydrogens is 260 g/mol. The van der Waals surface area contributed by atoms with Crippen LogP contribution in [0, 0.1) is 0 Å². The fraction of sp³-hybridized carbons (Fsp3) is 0.333. The molecule has 20 heavy (non-hydrogen) atoms. The van der Waals surface area contributed by atoms with Crippen LogP contribution in [0.5, 0.6) is 0 Å². The van der Waals surface area contributed by atoms with Crippen molar-refractivity contribution in [1.29, 1.82) is 0 Å². The average molecular weight is 284 g/mol. The average Bonchev–Trinajstić information content (AvgIpc) is 2.53. The predicted molar refractivity (Wildman–Crippen MR) is 89.1 cm³/mol. The van der Waals surface area contributed by atoms with E-state index in [0.717, 1.165) is 23.5 Å². The minimum Gasteiger partial charge on any atom is -0.427 e. The van der Waals surface area contributed by atoms with E-state index in [2.05, 4.69) is 67.6 Å². The van der Waals surface area contributed by atoms with Crippen molar-refractivity contribution >= 4 is 10.5 Å². The summed E-state index contributed by atoms with van der Waals surface area (Å²) in [5.74, 6) is 0. The Bertz CT molecular complexity index is 456. The van der Waals surface area contributed by atoms with Gasteiger partial charge in [-0.3, -0.25) is 0 Å². The summed E-state index contributed by atoms with van der Waals surface area (Å²) in [5.41, 5.74) is 2.74. The van der Waals surface area contributed by atoms with Gasteiger partial charge in [-0.2, -0.15) is 0 Å². The Kier molecular flexibility index (Phi) is 5.56. The molecule has 0 aromatic heterocycles. The van der Waals surface area contributed by atoms with Gasteiger partial charge in [-0.25, -0.2) is 0 Å². The zero-order chi connectivity index (χ0) is 14.3. The third kappa shape index (κ3) is 3.19. The molecule has 0 amide bonds. The molecule has 1 nitrogen and oxygen atoms in total. The number of rotatable bonds is 7. The normalized spacial score (nSPS) is 11.7. The van der Waals surface area contributed by atoms with Gasteiger partial charge >= 0.3 is 0 Å². The number of unbranched alkanes of at least 4 members (excludes halogenated alkanes) is 1. The standard InChI is InChI=1S/C18H24OSi/c1-2-3-14-18(15-19-20,16-10-6-4-7-11-16)17-12-8-5-9-13-17/h4-13H,2-3,14-15H2,1,20H3. The Morgan fingerprint density at radius 2 is 1.40 bits per heavy atom. The maximum absolute atomic E-state index is 5.75. The molecule has 0 saturated carbocycles. The van der Waals surface area contributed by atoms with Crippen molar-refractivity contribution in [2.24, 2.45) is 0 Å². The van der Waals surface area contributed by atoms with E-state index in [1.54, 1.807) is 0 Å². The summed E-state index contributed by atoms with van der Waals surface area (Å²) in [4.78, 5) is 0. The quantitative estimate of drug-likeness (QED) is 0.708. The van der Waals surface area contributed by atoms with Crippen molar-refractivity contribution in [3.05, 3.63) is 71.8 Å². The minimum absolute atomic E-state index is 0.000278. The molecule has 2 aromatic rings. The molecule has 0 aliphatic heterocycles. The van der Waals surface area contributed by atoms with E-state index < -0.39 is 0 Å². The molecule has 0 bridgehead atoms. The first-order chi connectivity index (χ1) is 9.83. The molecule has 106 valence electrons. The zero-order valence-corrected chi connectivity index (χ0v) is 14.5. The Morgan fingerprint density at radius 3 is 1.80 bits per heavy atom. The molecule has 2 heteroatoms. The molecule has 0 atom stereocenters. The smallest absolute Gasteiger partial charge is 0.146 e. The number of hydrogen-bond acceptors (Lipinski definition) is 1. The summed E-state index contributed by atoms with van der Waals surface area (Å²) in [6.07, 6.45) is 3.57. The molecule has 0 spiro atoms. The van der Waals surface area contributed by atoms with Gasteiger partial charge in [0.1, 0.15) is 10.5 Å². The molecule has 0 fully saturated rings. The Labute approximate surface area is 125 Å². The van der Waals surface area contributed by atoms with Crippen LogP contribution in [0.2, 0.25) is 0 Å². The Balaban J connectivity index is 2.50.